The summed E-state index contributed by atoms with van der Waals surface area (Å²) >= 11 is 0. The van der Waals surface area contributed by atoms with Crippen LogP contribution in [-0.2, 0) is 9.09 Å². The summed E-state index contributed by atoms with van der Waals surface area (Å²) < 4.78 is 19.2. The van der Waals surface area contributed by atoms with Gasteiger partial charge in [0.25, 0.3) is 0 Å². The van der Waals surface area contributed by atoms with Gasteiger partial charge in [-0.1, -0.05) is 117 Å². The van der Waals surface area contributed by atoms with E-state index in [4.69, 9.17) is 4.52 Å². The zero-order valence-electron chi connectivity index (χ0n) is 19.1. The fraction of sp³-hybridized carbons (Fsp3) is 1.00. The van der Waals surface area contributed by atoms with Gasteiger partial charge in [-0.2, -0.15) is 0 Å². The molecule has 0 amide bonds. The summed E-state index contributed by atoms with van der Waals surface area (Å²) in [6, 6.07) is 0. The zero-order chi connectivity index (χ0) is 20.1. The maximum absolute atomic E-state index is 13.2. The Morgan fingerprint density at radius 2 is 0.815 bits per heavy atom. The van der Waals surface area contributed by atoms with Crippen molar-refractivity contribution in [2.75, 3.05) is 18.9 Å². The average molecular weight is 403 g/mol. The van der Waals surface area contributed by atoms with Crippen molar-refractivity contribution in [1.82, 2.24) is 0 Å². The monoisotopic (exact) mass is 402 g/mol. The molecule has 0 N–H and O–H groups in total. The molecule has 164 valence electrons. The molecule has 0 saturated heterocycles. The zero-order valence-corrected chi connectivity index (χ0v) is 20.0. The molecule has 0 heterocycles. The summed E-state index contributed by atoms with van der Waals surface area (Å²) in [6.45, 7) is 7.40. The molecule has 0 radical (unpaired) electrons. The molecule has 0 spiro atoms. The second kappa shape index (κ2) is 20.9. The number of rotatable bonds is 22. The molecule has 0 aromatic heterocycles. The van der Waals surface area contributed by atoms with Crippen LogP contribution < -0.4 is 0 Å². The average Bonchev–Trinajstić information content (AvgIpc) is 2.66. The summed E-state index contributed by atoms with van der Waals surface area (Å²) in [6.07, 6.45) is 24.6. The van der Waals surface area contributed by atoms with Gasteiger partial charge in [0.1, 0.15) is 0 Å². The number of unbranched alkanes of at least 4 members (excludes halogenated alkanes) is 15. The smallest absolute Gasteiger partial charge is 0.203 e. The van der Waals surface area contributed by atoms with E-state index in [0.29, 0.717) is 6.61 Å². The molecular weight excluding hydrogens is 351 g/mol. The Kier molecular flexibility index (Phi) is 21.1. The van der Waals surface area contributed by atoms with Crippen molar-refractivity contribution in [2.24, 2.45) is 0 Å². The van der Waals surface area contributed by atoms with Crippen molar-refractivity contribution < 1.29 is 9.09 Å². The lowest BCUT2D eigenvalue weighted by molar-refractivity contribution is 0.304. The standard InChI is InChI=1S/C24H51O2P/c1-4-7-10-12-14-16-18-20-23-27(25,26-22-9-6-3)24-21-19-17-15-13-11-8-5-2/h4-24H2,1-3H3. The van der Waals surface area contributed by atoms with Gasteiger partial charge < -0.3 is 4.52 Å². The lowest BCUT2D eigenvalue weighted by Gasteiger charge is -2.19. The first-order valence-corrected chi connectivity index (χ1v) is 14.4. The molecule has 0 aliphatic rings. The Morgan fingerprint density at radius 3 is 1.19 bits per heavy atom. The molecule has 0 unspecified atom stereocenters. The normalized spacial score (nSPS) is 12.0. The third-order valence-corrected chi connectivity index (χ3v) is 8.18. The second-order valence-electron chi connectivity index (χ2n) is 8.40. The predicted octanol–water partition coefficient (Wildman–Crippen LogP) is 9.36. The molecule has 0 aliphatic carbocycles. The highest BCUT2D eigenvalue weighted by Gasteiger charge is 2.21. The maximum atomic E-state index is 13.2. The number of hydrogen-bond acceptors (Lipinski definition) is 2. The predicted molar refractivity (Wildman–Crippen MR) is 123 cm³/mol. The minimum Gasteiger partial charge on any atom is -0.328 e. The van der Waals surface area contributed by atoms with Gasteiger partial charge in [-0.25, -0.2) is 0 Å². The van der Waals surface area contributed by atoms with Gasteiger partial charge in [-0.05, 0) is 19.3 Å². The first-order chi connectivity index (χ1) is 13.2. The van der Waals surface area contributed by atoms with Gasteiger partial charge in [0.05, 0.1) is 6.61 Å². The van der Waals surface area contributed by atoms with Crippen molar-refractivity contribution in [2.45, 2.75) is 136 Å². The van der Waals surface area contributed by atoms with E-state index < -0.39 is 7.37 Å². The molecule has 0 aromatic rings. The maximum Gasteiger partial charge on any atom is 0.203 e. The van der Waals surface area contributed by atoms with Crippen molar-refractivity contribution >= 4 is 7.37 Å². The van der Waals surface area contributed by atoms with E-state index in [1.54, 1.807) is 0 Å². The summed E-state index contributed by atoms with van der Waals surface area (Å²) in [5.74, 6) is 0. The van der Waals surface area contributed by atoms with Crippen LogP contribution in [0.3, 0.4) is 0 Å². The molecule has 0 rings (SSSR count). The van der Waals surface area contributed by atoms with Crippen LogP contribution in [0.25, 0.3) is 0 Å². The first kappa shape index (κ1) is 27.2. The highest BCUT2D eigenvalue weighted by atomic mass is 31.2. The Morgan fingerprint density at radius 1 is 0.481 bits per heavy atom. The van der Waals surface area contributed by atoms with Gasteiger partial charge in [0.15, 0.2) is 0 Å². The third kappa shape index (κ3) is 19.3. The largest absolute Gasteiger partial charge is 0.328 e. The van der Waals surface area contributed by atoms with Crippen LogP contribution >= 0.6 is 7.37 Å². The number of hydrogen-bond donors (Lipinski definition) is 0. The van der Waals surface area contributed by atoms with Gasteiger partial charge in [-0.3, -0.25) is 4.57 Å². The minimum absolute atomic E-state index is 0.696. The van der Waals surface area contributed by atoms with Crippen LogP contribution in [0.2, 0.25) is 0 Å². The van der Waals surface area contributed by atoms with Crippen LogP contribution in [0.1, 0.15) is 136 Å². The van der Waals surface area contributed by atoms with E-state index >= 15 is 0 Å². The molecule has 0 saturated carbocycles. The van der Waals surface area contributed by atoms with E-state index in [1.807, 2.05) is 0 Å². The Balaban J connectivity index is 3.89. The minimum atomic E-state index is -2.38. The van der Waals surface area contributed by atoms with E-state index in [1.165, 1.54) is 89.9 Å². The summed E-state index contributed by atoms with van der Waals surface area (Å²) in [4.78, 5) is 0. The lowest BCUT2D eigenvalue weighted by Crippen LogP contribution is -2.02. The van der Waals surface area contributed by atoms with Gasteiger partial charge in [0, 0.05) is 12.3 Å². The quantitative estimate of drug-likeness (QED) is 0.133. The molecule has 0 aromatic carbocycles. The van der Waals surface area contributed by atoms with Crippen LogP contribution in [0.5, 0.6) is 0 Å². The van der Waals surface area contributed by atoms with Gasteiger partial charge >= 0.3 is 0 Å². The van der Waals surface area contributed by atoms with Gasteiger partial charge in [0.2, 0.25) is 7.37 Å². The van der Waals surface area contributed by atoms with E-state index in [9.17, 15) is 4.57 Å². The fourth-order valence-corrected chi connectivity index (χ4v) is 5.94. The van der Waals surface area contributed by atoms with Crippen molar-refractivity contribution in [3.8, 4) is 0 Å². The molecule has 27 heavy (non-hydrogen) atoms. The van der Waals surface area contributed by atoms with E-state index in [2.05, 4.69) is 20.8 Å². The van der Waals surface area contributed by atoms with Crippen LogP contribution in [0.15, 0.2) is 0 Å². The van der Waals surface area contributed by atoms with Crippen LogP contribution in [0, 0.1) is 0 Å². The SMILES string of the molecule is CCCCCCCCCCP(=O)(CCCCCCCCCC)OCCCC. The summed E-state index contributed by atoms with van der Waals surface area (Å²) in [5.41, 5.74) is 0. The van der Waals surface area contributed by atoms with Crippen molar-refractivity contribution in [3.05, 3.63) is 0 Å². The third-order valence-electron chi connectivity index (χ3n) is 5.53. The van der Waals surface area contributed by atoms with Crippen LogP contribution in [0.4, 0.5) is 0 Å². The Hall–Kier alpha value is 0.190. The Bertz CT molecular complexity index is 306. The second-order valence-corrected chi connectivity index (χ2v) is 11.2. The molecule has 3 heteroatoms. The molecule has 0 fully saturated rings. The summed E-state index contributed by atoms with van der Waals surface area (Å²) in [5, 5.41) is 0. The van der Waals surface area contributed by atoms with Crippen LogP contribution in [-0.4, -0.2) is 18.9 Å². The van der Waals surface area contributed by atoms with E-state index in [-0.39, 0.29) is 0 Å². The van der Waals surface area contributed by atoms with E-state index in [0.717, 1.165) is 38.0 Å². The molecule has 0 aliphatic heterocycles. The fourth-order valence-electron chi connectivity index (χ4n) is 3.59. The topological polar surface area (TPSA) is 26.3 Å². The van der Waals surface area contributed by atoms with Gasteiger partial charge in [-0.15, -0.1) is 0 Å². The highest BCUT2D eigenvalue weighted by Crippen LogP contribution is 2.49. The highest BCUT2D eigenvalue weighted by molar-refractivity contribution is 7.58. The molecule has 0 atom stereocenters. The first-order valence-electron chi connectivity index (χ1n) is 12.4. The van der Waals surface area contributed by atoms with Crippen molar-refractivity contribution in [3.63, 3.8) is 0 Å². The summed E-state index contributed by atoms with van der Waals surface area (Å²) in [7, 11) is -2.38. The van der Waals surface area contributed by atoms with Crippen molar-refractivity contribution in [1.29, 1.82) is 0 Å². The Labute approximate surface area is 172 Å². The molecule has 0 bridgehead atoms. The molecule has 2 nitrogen and oxygen atoms in total. The molecular formula is C24H51O2P. The lowest BCUT2D eigenvalue weighted by atomic mass is 10.1.